The van der Waals surface area contributed by atoms with Crippen molar-refractivity contribution in [1.29, 1.82) is 5.26 Å². The number of aromatic amines is 1. The summed E-state index contributed by atoms with van der Waals surface area (Å²) in [6.07, 6.45) is 11.5. The Hall–Kier alpha value is -3.21. The molecule has 2 bridgehead atoms. The van der Waals surface area contributed by atoms with Crippen molar-refractivity contribution in [3.8, 4) is 6.07 Å². The van der Waals surface area contributed by atoms with Gasteiger partial charge in [0.1, 0.15) is 6.07 Å². The van der Waals surface area contributed by atoms with Gasteiger partial charge in [-0.15, -0.1) is 0 Å². The zero-order chi connectivity index (χ0) is 23.2. The number of ether oxygens (including phenoxy) is 1. The number of benzene rings is 1. The van der Waals surface area contributed by atoms with Crippen molar-refractivity contribution >= 4 is 17.2 Å². The molecule has 1 aliphatic carbocycles. The van der Waals surface area contributed by atoms with Crippen LogP contribution in [-0.4, -0.2) is 33.2 Å². The Morgan fingerprint density at radius 2 is 2.06 bits per heavy atom. The maximum absolute atomic E-state index is 12.8. The van der Waals surface area contributed by atoms with Crippen LogP contribution in [0.4, 0.5) is 5.69 Å². The number of nitrogens with one attached hydrogen (secondary N) is 2. The number of amides is 1. The highest BCUT2D eigenvalue weighted by atomic mass is 16.5. The maximum atomic E-state index is 12.8. The predicted molar refractivity (Wildman–Crippen MR) is 124 cm³/mol. The van der Waals surface area contributed by atoms with Crippen molar-refractivity contribution in [2.24, 2.45) is 5.41 Å². The van der Waals surface area contributed by atoms with Crippen molar-refractivity contribution < 1.29 is 14.6 Å². The zero-order valence-corrected chi connectivity index (χ0v) is 18.9. The third-order valence-electron chi connectivity index (χ3n) is 7.00. The summed E-state index contributed by atoms with van der Waals surface area (Å²) in [6.45, 7) is 4.52. The van der Waals surface area contributed by atoms with Gasteiger partial charge in [0, 0.05) is 30.3 Å². The summed E-state index contributed by atoms with van der Waals surface area (Å²) in [7, 11) is 0. The molecule has 7 heteroatoms. The second kappa shape index (κ2) is 7.98. The van der Waals surface area contributed by atoms with Crippen molar-refractivity contribution in [3.63, 3.8) is 0 Å². The average molecular weight is 445 g/mol. The second-order valence-electron chi connectivity index (χ2n) is 10.1. The summed E-state index contributed by atoms with van der Waals surface area (Å²) in [5.74, 6) is -0.319. The topological polar surface area (TPSA) is 111 Å². The number of hydrogen-bond donors (Lipinski definition) is 3. The van der Waals surface area contributed by atoms with Crippen LogP contribution < -0.4 is 5.32 Å². The second-order valence-corrected chi connectivity index (χ2v) is 10.1. The van der Waals surface area contributed by atoms with E-state index in [1.54, 1.807) is 0 Å². The number of nitriles is 1. The quantitative estimate of drug-likeness (QED) is 0.604. The molecule has 1 saturated heterocycles. The molecule has 0 spiro atoms. The van der Waals surface area contributed by atoms with Crippen LogP contribution in [0.15, 0.2) is 42.6 Å². The highest BCUT2D eigenvalue weighted by molar-refractivity contribution is 6.03. The van der Waals surface area contributed by atoms with Crippen LogP contribution in [0.2, 0.25) is 0 Å². The lowest BCUT2D eigenvalue weighted by Crippen LogP contribution is -2.39. The molecule has 0 saturated carbocycles. The van der Waals surface area contributed by atoms with E-state index in [4.69, 9.17) is 10.00 Å². The summed E-state index contributed by atoms with van der Waals surface area (Å²) >= 11 is 0. The molecule has 170 valence electrons. The van der Waals surface area contributed by atoms with Gasteiger partial charge in [-0.05, 0) is 47.9 Å². The molecule has 33 heavy (non-hydrogen) atoms. The molecule has 7 nitrogen and oxygen atoms in total. The molecular weight excluding hydrogens is 416 g/mol. The zero-order valence-electron chi connectivity index (χ0n) is 18.9. The first-order valence-electron chi connectivity index (χ1n) is 11.4. The normalized spacial score (nSPS) is 27.6. The minimum atomic E-state index is -0.981. The van der Waals surface area contributed by atoms with Crippen LogP contribution in [0.3, 0.4) is 0 Å². The number of H-pyrrole nitrogens is 1. The van der Waals surface area contributed by atoms with Gasteiger partial charge >= 0.3 is 0 Å². The van der Waals surface area contributed by atoms with Gasteiger partial charge in [-0.3, -0.25) is 4.79 Å². The van der Waals surface area contributed by atoms with Gasteiger partial charge in [-0.1, -0.05) is 38.1 Å². The van der Waals surface area contributed by atoms with Gasteiger partial charge in [0.25, 0.3) is 5.91 Å². The first kappa shape index (κ1) is 21.6. The molecule has 0 radical (unpaired) electrons. The highest BCUT2D eigenvalue weighted by Gasteiger charge is 2.42. The third kappa shape index (κ3) is 4.24. The lowest BCUT2D eigenvalue weighted by Gasteiger charge is -2.37. The average Bonchev–Trinajstić information content (AvgIpc) is 3.40. The number of aliphatic hydroxyl groups is 1. The van der Waals surface area contributed by atoms with E-state index < -0.39 is 11.5 Å². The molecule has 5 rings (SSSR count). The van der Waals surface area contributed by atoms with Crippen LogP contribution >= 0.6 is 0 Å². The maximum Gasteiger partial charge on any atom is 0.291 e. The molecule has 1 aromatic carbocycles. The third-order valence-corrected chi connectivity index (χ3v) is 7.00. The number of hydrogen-bond acceptors (Lipinski definition) is 5. The number of anilines is 1. The Labute approximate surface area is 193 Å². The van der Waals surface area contributed by atoms with Crippen LogP contribution in [0.5, 0.6) is 0 Å². The SMILES string of the molecule is CC1(C)CC=C(c2cc(C3(O)C[C@H]4C=C[C@@H](C3)O4)ccc2NC(=O)c2nc(C#N)c[nH]2)CC1. The van der Waals surface area contributed by atoms with Gasteiger partial charge in [0.2, 0.25) is 0 Å². The summed E-state index contributed by atoms with van der Waals surface area (Å²) in [5.41, 5.74) is 3.03. The number of fused-ring (bicyclic) bond motifs is 2. The standard InChI is InChI=1S/C26H28N4O3/c1-25(2)9-7-16(8-10-25)21-11-17(26(32)12-19-4-5-20(13-26)33-19)3-6-22(21)30-24(31)23-28-15-18(14-27)29-23/h3-7,11,15,19-20,32H,8-10,12-13H2,1-2H3,(H,28,29)(H,30,31)/t19-,20+,26?. The molecule has 2 aromatic rings. The fraction of sp³-hybridized carbons (Fsp3) is 0.423. The fourth-order valence-electron chi connectivity index (χ4n) is 4.99. The van der Waals surface area contributed by atoms with Gasteiger partial charge in [0.05, 0.1) is 17.8 Å². The van der Waals surface area contributed by atoms with E-state index in [-0.39, 0.29) is 29.1 Å². The van der Waals surface area contributed by atoms with E-state index >= 15 is 0 Å². The van der Waals surface area contributed by atoms with Gasteiger partial charge in [-0.25, -0.2) is 4.98 Å². The van der Waals surface area contributed by atoms with E-state index in [1.807, 2.05) is 36.4 Å². The number of rotatable bonds is 4. The molecule has 3 aliphatic rings. The molecular formula is C26H28N4O3. The molecule has 3 heterocycles. The summed E-state index contributed by atoms with van der Waals surface area (Å²) < 4.78 is 5.85. The number of carbonyl (C=O) groups is 1. The van der Waals surface area contributed by atoms with E-state index in [9.17, 15) is 9.90 Å². The van der Waals surface area contributed by atoms with Crippen LogP contribution in [0.1, 0.15) is 73.4 Å². The van der Waals surface area contributed by atoms with Crippen molar-refractivity contribution in [1.82, 2.24) is 9.97 Å². The Balaban J connectivity index is 1.49. The number of imidazole rings is 1. The fourth-order valence-corrected chi connectivity index (χ4v) is 4.99. The van der Waals surface area contributed by atoms with Gasteiger partial charge in [0.15, 0.2) is 11.5 Å². The minimum Gasteiger partial charge on any atom is -0.385 e. The molecule has 3 N–H and O–H groups in total. The monoisotopic (exact) mass is 444 g/mol. The van der Waals surface area contributed by atoms with Crippen molar-refractivity contribution in [2.75, 3.05) is 5.32 Å². The molecule has 3 atom stereocenters. The number of aromatic nitrogens is 2. The van der Waals surface area contributed by atoms with Crippen LogP contribution in [0.25, 0.3) is 5.57 Å². The lowest BCUT2D eigenvalue weighted by atomic mass is 9.76. The smallest absolute Gasteiger partial charge is 0.291 e. The minimum absolute atomic E-state index is 0.0699. The number of carbonyl (C=O) groups excluding carboxylic acids is 1. The largest absolute Gasteiger partial charge is 0.385 e. The van der Waals surface area contributed by atoms with E-state index in [0.717, 1.165) is 30.4 Å². The summed E-state index contributed by atoms with van der Waals surface area (Å²) in [4.78, 5) is 19.6. The summed E-state index contributed by atoms with van der Waals surface area (Å²) in [5, 5.41) is 23.5. The number of allylic oxidation sites excluding steroid dienone is 2. The Kier molecular flexibility index (Phi) is 5.23. The molecule has 1 fully saturated rings. The Morgan fingerprint density at radius 3 is 2.70 bits per heavy atom. The molecule has 1 unspecified atom stereocenters. The van der Waals surface area contributed by atoms with Crippen LogP contribution in [-0.2, 0) is 10.3 Å². The summed E-state index contributed by atoms with van der Waals surface area (Å²) in [6, 6.07) is 7.69. The van der Waals surface area contributed by atoms with Gasteiger partial charge < -0.3 is 20.1 Å². The predicted octanol–water partition coefficient (Wildman–Crippen LogP) is 4.43. The van der Waals surface area contributed by atoms with E-state index in [1.165, 1.54) is 11.8 Å². The highest BCUT2D eigenvalue weighted by Crippen LogP contribution is 2.44. The van der Waals surface area contributed by atoms with Crippen molar-refractivity contribution in [2.45, 2.75) is 63.8 Å². The molecule has 1 amide bonds. The van der Waals surface area contributed by atoms with Crippen molar-refractivity contribution in [3.05, 3.63) is 65.3 Å². The first-order chi connectivity index (χ1) is 15.7. The Morgan fingerprint density at radius 1 is 1.30 bits per heavy atom. The first-order valence-corrected chi connectivity index (χ1v) is 11.4. The van der Waals surface area contributed by atoms with E-state index in [0.29, 0.717) is 18.5 Å². The lowest BCUT2D eigenvalue weighted by molar-refractivity contribution is -0.107. The Bertz CT molecular complexity index is 1190. The van der Waals surface area contributed by atoms with Crippen LogP contribution in [0, 0.1) is 16.7 Å². The molecule has 2 aliphatic heterocycles. The number of nitrogens with zero attached hydrogens (tertiary/aromatic N) is 2. The van der Waals surface area contributed by atoms with E-state index in [2.05, 4.69) is 35.2 Å². The molecule has 1 aromatic heterocycles. The van der Waals surface area contributed by atoms with Gasteiger partial charge in [-0.2, -0.15) is 5.26 Å².